The first kappa shape index (κ1) is 7.72. The van der Waals surface area contributed by atoms with Crippen LogP contribution >= 0.6 is 0 Å². The highest BCUT2D eigenvalue weighted by Crippen LogP contribution is 1.98. The molecule has 0 aliphatic carbocycles. The molecule has 0 unspecified atom stereocenters. The maximum absolute atomic E-state index is 11.6. The molecule has 66 valence electrons. The molecular formula is C8H8N4O. The van der Waals surface area contributed by atoms with Gasteiger partial charge in [-0.05, 0) is 6.07 Å². The Kier molecular flexibility index (Phi) is 1.70. The van der Waals surface area contributed by atoms with Crippen LogP contribution in [0.4, 0.5) is 0 Å². The van der Waals surface area contributed by atoms with E-state index in [9.17, 15) is 4.79 Å². The van der Waals surface area contributed by atoms with Crippen LogP contribution in [0, 0.1) is 0 Å². The van der Waals surface area contributed by atoms with Crippen molar-refractivity contribution >= 4 is 5.91 Å². The molecule has 2 rings (SSSR count). The van der Waals surface area contributed by atoms with Gasteiger partial charge in [0.1, 0.15) is 6.33 Å². The van der Waals surface area contributed by atoms with Crippen LogP contribution in [0.3, 0.4) is 0 Å². The lowest BCUT2D eigenvalue weighted by atomic mass is 10.4. The molecule has 2 aromatic rings. The van der Waals surface area contributed by atoms with Gasteiger partial charge < -0.3 is 0 Å². The molecule has 0 aromatic carbocycles. The third-order valence-corrected chi connectivity index (χ3v) is 1.67. The highest BCUT2D eigenvalue weighted by atomic mass is 16.2. The predicted molar refractivity (Wildman–Crippen MR) is 45.2 cm³/mol. The molecule has 0 atom stereocenters. The molecule has 13 heavy (non-hydrogen) atoms. The van der Waals surface area contributed by atoms with Gasteiger partial charge in [-0.2, -0.15) is 5.10 Å². The first-order chi connectivity index (χ1) is 6.27. The standard InChI is InChI=1S/C8H8N4O/c1-11-4-2-7(10-11)8(13)12-5-3-9-6-12/h2-6H,1H3. The molecule has 0 aliphatic rings. The van der Waals surface area contributed by atoms with Crippen molar-refractivity contribution in [3.63, 3.8) is 0 Å². The van der Waals surface area contributed by atoms with Gasteiger partial charge in [-0.1, -0.05) is 0 Å². The molecule has 5 nitrogen and oxygen atoms in total. The van der Waals surface area contributed by atoms with Crippen LogP contribution in [0.2, 0.25) is 0 Å². The van der Waals surface area contributed by atoms with Gasteiger partial charge in [-0.25, -0.2) is 4.98 Å². The van der Waals surface area contributed by atoms with Crippen LogP contribution in [-0.2, 0) is 7.05 Å². The highest BCUT2D eigenvalue weighted by molar-refractivity contribution is 5.93. The fourth-order valence-corrected chi connectivity index (χ4v) is 1.04. The fraction of sp³-hybridized carbons (Fsp3) is 0.125. The molecule has 0 aliphatic heterocycles. The lowest BCUT2D eigenvalue weighted by Gasteiger charge is -1.94. The van der Waals surface area contributed by atoms with Gasteiger partial charge in [0.05, 0.1) is 0 Å². The summed E-state index contributed by atoms with van der Waals surface area (Å²) in [6.45, 7) is 0. The van der Waals surface area contributed by atoms with Crippen LogP contribution in [0.1, 0.15) is 10.5 Å². The lowest BCUT2D eigenvalue weighted by Crippen LogP contribution is -2.10. The van der Waals surface area contributed by atoms with Crippen LogP contribution in [-0.4, -0.2) is 25.2 Å². The number of rotatable bonds is 1. The van der Waals surface area contributed by atoms with E-state index < -0.39 is 0 Å². The maximum atomic E-state index is 11.6. The van der Waals surface area contributed by atoms with Gasteiger partial charge in [0.15, 0.2) is 5.69 Å². The number of nitrogens with zero attached hydrogens (tertiary/aromatic N) is 4. The Morgan fingerprint density at radius 2 is 2.31 bits per heavy atom. The van der Waals surface area contributed by atoms with Crippen molar-refractivity contribution in [2.24, 2.45) is 7.05 Å². The topological polar surface area (TPSA) is 52.7 Å². The number of carbonyl (C=O) groups excluding carboxylic acids is 1. The number of aromatic nitrogens is 4. The Morgan fingerprint density at radius 1 is 1.46 bits per heavy atom. The first-order valence-electron chi connectivity index (χ1n) is 3.79. The summed E-state index contributed by atoms with van der Waals surface area (Å²) in [6, 6.07) is 1.67. The van der Waals surface area contributed by atoms with E-state index in [0.29, 0.717) is 5.69 Å². The number of carbonyl (C=O) groups is 1. The summed E-state index contributed by atoms with van der Waals surface area (Å²) in [5, 5.41) is 3.99. The summed E-state index contributed by atoms with van der Waals surface area (Å²) in [7, 11) is 1.77. The maximum Gasteiger partial charge on any atom is 0.283 e. The van der Waals surface area contributed by atoms with Crippen LogP contribution in [0.25, 0.3) is 0 Å². The Bertz CT molecular complexity index is 415. The molecule has 2 heterocycles. The molecule has 0 spiro atoms. The minimum atomic E-state index is -0.168. The number of aryl methyl sites for hydroxylation is 1. The van der Waals surface area contributed by atoms with E-state index in [-0.39, 0.29) is 5.91 Å². The average molecular weight is 176 g/mol. The normalized spacial score (nSPS) is 10.2. The van der Waals surface area contributed by atoms with E-state index >= 15 is 0 Å². The zero-order valence-electron chi connectivity index (χ0n) is 7.08. The average Bonchev–Trinajstić information content (AvgIpc) is 2.72. The second kappa shape index (κ2) is 2.85. The van der Waals surface area contributed by atoms with Crippen molar-refractivity contribution in [3.05, 3.63) is 36.7 Å². The van der Waals surface area contributed by atoms with E-state index in [1.807, 2.05) is 0 Å². The number of hydrogen-bond acceptors (Lipinski definition) is 3. The van der Waals surface area contributed by atoms with Gasteiger partial charge in [0, 0.05) is 25.6 Å². The molecule has 5 heteroatoms. The van der Waals surface area contributed by atoms with Crippen molar-refractivity contribution in [3.8, 4) is 0 Å². The van der Waals surface area contributed by atoms with Crippen molar-refractivity contribution in [2.45, 2.75) is 0 Å². The molecular weight excluding hydrogens is 168 g/mol. The van der Waals surface area contributed by atoms with Crippen molar-refractivity contribution in [1.29, 1.82) is 0 Å². The molecule has 0 bridgehead atoms. The van der Waals surface area contributed by atoms with Crippen LogP contribution in [0.15, 0.2) is 31.0 Å². The Hall–Kier alpha value is -1.91. The van der Waals surface area contributed by atoms with E-state index in [0.717, 1.165) is 0 Å². The van der Waals surface area contributed by atoms with Gasteiger partial charge in [0.2, 0.25) is 0 Å². The number of hydrogen-bond donors (Lipinski definition) is 0. The molecule has 0 amide bonds. The Morgan fingerprint density at radius 3 is 2.85 bits per heavy atom. The van der Waals surface area contributed by atoms with Gasteiger partial charge in [0.25, 0.3) is 5.91 Å². The van der Waals surface area contributed by atoms with Crippen molar-refractivity contribution < 1.29 is 4.79 Å². The third-order valence-electron chi connectivity index (χ3n) is 1.67. The van der Waals surface area contributed by atoms with E-state index in [4.69, 9.17) is 0 Å². The van der Waals surface area contributed by atoms with E-state index in [1.54, 1.807) is 36.4 Å². The second-order valence-electron chi connectivity index (χ2n) is 2.65. The van der Waals surface area contributed by atoms with Crippen LogP contribution in [0.5, 0.6) is 0 Å². The molecule has 0 N–H and O–H groups in total. The van der Waals surface area contributed by atoms with Crippen LogP contribution < -0.4 is 0 Å². The van der Waals surface area contributed by atoms with Crippen molar-refractivity contribution in [2.75, 3.05) is 0 Å². The number of imidazole rings is 1. The van der Waals surface area contributed by atoms with E-state index in [1.165, 1.54) is 10.9 Å². The lowest BCUT2D eigenvalue weighted by molar-refractivity contribution is 0.0954. The molecule has 2 aromatic heterocycles. The summed E-state index contributed by atoms with van der Waals surface area (Å²) >= 11 is 0. The zero-order chi connectivity index (χ0) is 9.26. The van der Waals surface area contributed by atoms with Gasteiger partial charge in [-0.15, -0.1) is 0 Å². The highest BCUT2D eigenvalue weighted by Gasteiger charge is 2.09. The molecule has 0 saturated carbocycles. The smallest absolute Gasteiger partial charge is 0.275 e. The predicted octanol–water partition coefficient (Wildman–Crippen LogP) is 0.305. The Balaban J connectivity index is 2.33. The van der Waals surface area contributed by atoms with Gasteiger partial charge in [-0.3, -0.25) is 14.0 Å². The molecule has 0 saturated heterocycles. The minimum absolute atomic E-state index is 0.168. The quantitative estimate of drug-likeness (QED) is 0.628. The Labute approximate surface area is 74.6 Å². The van der Waals surface area contributed by atoms with Crippen molar-refractivity contribution in [1.82, 2.24) is 19.3 Å². The summed E-state index contributed by atoms with van der Waals surface area (Å²) in [4.78, 5) is 15.4. The summed E-state index contributed by atoms with van der Waals surface area (Å²) in [5.41, 5.74) is 0.417. The van der Waals surface area contributed by atoms with Gasteiger partial charge >= 0.3 is 0 Å². The monoisotopic (exact) mass is 176 g/mol. The summed E-state index contributed by atoms with van der Waals surface area (Å²) in [6.07, 6.45) is 6.33. The third kappa shape index (κ3) is 1.35. The SMILES string of the molecule is Cn1ccc(C(=O)n2ccnc2)n1. The zero-order valence-corrected chi connectivity index (χ0v) is 7.08. The summed E-state index contributed by atoms with van der Waals surface area (Å²) < 4.78 is 2.98. The summed E-state index contributed by atoms with van der Waals surface area (Å²) in [5.74, 6) is -0.168. The molecule has 0 fully saturated rings. The fourth-order valence-electron chi connectivity index (χ4n) is 1.04. The second-order valence-corrected chi connectivity index (χ2v) is 2.65. The largest absolute Gasteiger partial charge is 0.283 e. The van der Waals surface area contributed by atoms with E-state index in [2.05, 4.69) is 10.1 Å². The minimum Gasteiger partial charge on any atom is -0.275 e. The first-order valence-corrected chi connectivity index (χ1v) is 3.79. The molecule has 0 radical (unpaired) electrons.